The lowest BCUT2D eigenvalue weighted by Gasteiger charge is -2.14. The molecule has 0 radical (unpaired) electrons. The van der Waals surface area contributed by atoms with E-state index in [1.54, 1.807) is 31.4 Å². The van der Waals surface area contributed by atoms with Crippen LogP contribution < -0.4 is 9.46 Å². The van der Waals surface area contributed by atoms with Gasteiger partial charge in [-0.15, -0.1) is 0 Å². The first-order valence-corrected chi connectivity index (χ1v) is 8.19. The molecule has 1 atom stereocenters. The highest BCUT2D eigenvalue weighted by Crippen LogP contribution is 2.23. The van der Waals surface area contributed by atoms with Crippen molar-refractivity contribution in [3.63, 3.8) is 0 Å². The molecule has 0 fully saturated rings. The predicted octanol–water partition coefficient (Wildman–Crippen LogP) is 1.90. The average Bonchev–Trinajstić information content (AvgIpc) is 2.51. The van der Waals surface area contributed by atoms with Gasteiger partial charge in [-0.25, -0.2) is 13.1 Å². The van der Waals surface area contributed by atoms with E-state index in [0.29, 0.717) is 6.42 Å². The van der Waals surface area contributed by atoms with Crippen molar-refractivity contribution < 1.29 is 18.3 Å². The SMILES string of the molecule is CC[C@H](CO)NS(=O)(=O)c1ccc2cc(OC)ccc2c1. The van der Waals surface area contributed by atoms with Crippen molar-refractivity contribution in [2.75, 3.05) is 13.7 Å². The monoisotopic (exact) mass is 309 g/mol. The van der Waals surface area contributed by atoms with Gasteiger partial charge in [0.1, 0.15) is 5.75 Å². The van der Waals surface area contributed by atoms with Crippen LogP contribution in [0.2, 0.25) is 0 Å². The van der Waals surface area contributed by atoms with Crippen molar-refractivity contribution in [1.82, 2.24) is 4.72 Å². The molecule has 6 heteroatoms. The van der Waals surface area contributed by atoms with Crippen LogP contribution in [0.1, 0.15) is 13.3 Å². The van der Waals surface area contributed by atoms with Crippen LogP contribution in [0.3, 0.4) is 0 Å². The lowest BCUT2D eigenvalue weighted by Crippen LogP contribution is -2.36. The molecule has 0 amide bonds. The topological polar surface area (TPSA) is 75.6 Å². The Morgan fingerprint density at radius 3 is 2.48 bits per heavy atom. The number of ether oxygens (including phenoxy) is 1. The first-order valence-electron chi connectivity index (χ1n) is 6.71. The van der Waals surface area contributed by atoms with E-state index >= 15 is 0 Å². The Bertz CT molecular complexity index is 724. The van der Waals surface area contributed by atoms with Crippen LogP contribution in [0.4, 0.5) is 0 Å². The van der Waals surface area contributed by atoms with E-state index in [-0.39, 0.29) is 11.5 Å². The van der Waals surface area contributed by atoms with Crippen molar-refractivity contribution in [2.24, 2.45) is 0 Å². The number of nitrogens with one attached hydrogen (secondary N) is 1. The molecule has 0 saturated heterocycles. The molecule has 0 bridgehead atoms. The minimum absolute atomic E-state index is 0.187. The maximum Gasteiger partial charge on any atom is 0.240 e. The van der Waals surface area contributed by atoms with Crippen LogP contribution in [0.15, 0.2) is 41.3 Å². The minimum Gasteiger partial charge on any atom is -0.497 e. The van der Waals surface area contributed by atoms with Gasteiger partial charge in [-0.2, -0.15) is 0 Å². The summed E-state index contributed by atoms with van der Waals surface area (Å²) in [6.07, 6.45) is 0.528. The molecule has 114 valence electrons. The van der Waals surface area contributed by atoms with Gasteiger partial charge in [0.25, 0.3) is 0 Å². The Morgan fingerprint density at radius 2 is 1.86 bits per heavy atom. The lowest BCUT2D eigenvalue weighted by molar-refractivity contribution is 0.254. The Labute approximate surface area is 124 Å². The van der Waals surface area contributed by atoms with Gasteiger partial charge in [0, 0.05) is 6.04 Å². The molecule has 0 spiro atoms. The van der Waals surface area contributed by atoms with E-state index in [1.165, 1.54) is 0 Å². The van der Waals surface area contributed by atoms with Crippen molar-refractivity contribution >= 4 is 20.8 Å². The summed E-state index contributed by atoms with van der Waals surface area (Å²) in [7, 11) is -2.05. The highest BCUT2D eigenvalue weighted by atomic mass is 32.2. The van der Waals surface area contributed by atoms with Crippen LogP contribution in [0.25, 0.3) is 10.8 Å². The number of benzene rings is 2. The van der Waals surface area contributed by atoms with Crippen molar-refractivity contribution in [3.8, 4) is 5.75 Å². The predicted molar refractivity (Wildman–Crippen MR) is 82.0 cm³/mol. The zero-order valence-corrected chi connectivity index (χ0v) is 12.9. The molecule has 2 N–H and O–H groups in total. The van der Waals surface area contributed by atoms with Gasteiger partial charge in [0.15, 0.2) is 0 Å². The van der Waals surface area contributed by atoms with Crippen LogP contribution >= 0.6 is 0 Å². The molecule has 2 rings (SSSR count). The molecule has 0 aliphatic rings. The minimum atomic E-state index is -3.63. The third-order valence-electron chi connectivity index (χ3n) is 3.36. The number of rotatable bonds is 6. The molecule has 2 aromatic carbocycles. The molecule has 0 saturated carbocycles. The molecule has 0 aliphatic carbocycles. The highest BCUT2D eigenvalue weighted by Gasteiger charge is 2.18. The first-order chi connectivity index (χ1) is 10.00. The molecule has 2 aromatic rings. The second-order valence-electron chi connectivity index (χ2n) is 4.78. The maximum absolute atomic E-state index is 12.3. The fraction of sp³-hybridized carbons (Fsp3) is 0.333. The van der Waals surface area contributed by atoms with Crippen molar-refractivity contribution in [3.05, 3.63) is 36.4 Å². The number of fused-ring (bicyclic) bond motifs is 1. The highest BCUT2D eigenvalue weighted by molar-refractivity contribution is 7.89. The second-order valence-corrected chi connectivity index (χ2v) is 6.50. The number of sulfonamides is 1. The van der Waals surface area contributed by atoms with Crippen LogP contribution in [0.5, 0.6) is 5.75 Å². The number of aliphatic hydroxyl groups excluding tert-OH is 1. The number of hydrogen-bond donors (Lipinski definition) is 2. The smallest absolute Gasteiger partial charge is 0.240 e. The van der Waals surface area contributed by atoms with Gasteiger partial charge < -0.3 is 9.84 Å². The first kappa shape index (κ1) is 15.8. The summed E-state index contributed by atoms with van der Waals surface area (Å²) in [5, 5.41) is 10.8. The number of methoxy groups -OCH3 is 1. The largest absolute Gasteiger partial charge is 0.497 e. The summed E-state index contributed by atoms with van der Waals surface area (Å²) in [6.45, 7) is 1.59. The standard InChI is InChI=1S/C15H19NO4S/c1-3-13(10-17)16-21(18,19)15-7-5-11-8-14(20-2)6-4-12(11)9-15/h4-9,13,16-17H,3,10H2,1-2H3/t13-/m1/s1. The van der Waals surface area contributed by atoms with Crippen LogP contribution in [-0.2, 0) is 10.0 Å². The Morgan fingerprint density at radius 1 is 1.19 bits per heavy atom. The average molecular weight is 309 g/mol. The molecule has 0 aliphatic heterocycles. The van der Waals surface area contributed by atoms with E-state index in [4.69, 9.17) is 9.84 Å². The van der Waals surface area contributed by atoms with Gasteiger partial charge >= 0.3 is 0 Å². The normalized spacial score (nSPS) is 13.3. The summed E-state index contributed by atoms with van der Waals surface area (Å²) in [4.78, 5) is 0.187. The summed E-state index contributed by atoms with van der Waals surface area (Å²) in [5.41, 5.74) is 0. The summed E-state index contributed by atoms with van der Waals surface area (Å²) >= 11 is 0. The Kier molecular flexibility index (Phi) is 4.82. The van der Waals surface area contributed by atoms with Gasteiger partial charge in [0.05, 0.1) is 18.6 Å². The summed E-state index contributed by atoms with van der Waals surface area (Å²) in [6, 6.07) is 9.89. The van der Waals surface area contributed by atoms with Crippen LogP contribution in [0, 0.1) is 0 Å². The maximum atomic E-state index is 12.3. The molecule has 21 heavy (non-hydrogen) atoms. The fourth-order valence-corrected chi connectivity index (χ4v) is 3.38. The fourth-order valence-electron chi connectivity index (χ4n) is 2.03. The molecule has 0 heterocycles. The van der Waals surface area contributed by atoms with Gasteiger partial charge in [0.2, 0.25) is 10.0 Å². The summed E-state index contributed by atoms with van der Waals surface area (Å²) in [5.74, 6) is 0.725. The Hall–Kier alpha value is -1.63. The van der Waals surface area contributed by atoms with E-state index in [2.05, 4.69) is 4.72 Å². The molecule has 0 unspecified atom stereocenters. The van der Waals surface area contributed by atoms with E-state index < -0.39 is 16.1 Å². The number of aliphatic hydroxyl groups is 1. The Balaban J connectivity index is 2.38. The third-order valence-corrected chi connectivity index (χ3v) is 4.88. The molecule has 5 nitrogen and oxygen atoms in total. The quantitative estimate of drug-likeness (QED) is 0.854. The second kappa shape index (κ2) is 6.43. The van der Waals surface area contributed by atoms with E-state index in [0.717, 1.165) is 16.5 Å². The zero-order valence-electron chi connectivity index (χ0n) is 12.0. The van der Waals surface area contributed by atoms with Gasteiger partial charge in [-0.3, -0.25) is 0 Å². The van der Waals surface area contributed by atoms with E-state index in [1.807, 2.05) is 19.1 Å². The lowest BCUT2D eigenvalue weighted by atomic mass is 10.1. The number of hydrogen-bond acceptors (Lipinski definition) is 4. The van der Waals surface area contributed by atoms with Gasteiger partial charge in [-0.05, 0) is 41.5 Å². The van der Waals surface area contributed by atoms with Crippen molar-refractivity contribution in [1.29, 1.82) is 0 Å². The molecular weight excluding hydrogens is 290 g/mol. The summed E-state index contributed by atoms with van der Waals surface area (Å²) < 4.78 is 32.2. The third kappa shape index (κ3) is 3.53. The van der Waals surface area contributed by atoms with Crippen LogP contribution in [-0.4, -0.2) is 33.3 Å². The van der Waals surface area contributed by atoms with Crippen molar-refractivity contribution in [2.45, 2.75) is 24.3 Å². The molecule has 0 aromatic heterocycles. The van der Waals surface area contributed by atoms with E-state index in [9.17, 15) is 8.42 Å². The van der Waals surface area contributed by atoms with Gasteiger partial charge in [-0.1, -0.05) is 19.1 Å². The zero-order chi connectivity index (χ0) is 15.5. The molecular formula is C15H19NO4S.